The predicted molar refractivity (Wildman–Crippen MR) is 111 cm³/mol. The highest BCUT2D eigenvalue weighted by Gasteiger charge is 2.35. The molecular weight excluding hydrogens is 366 g/mol. The first kappa shape index (κ1) is 19.6. The number of piperidine rings is 1. The maximum absolute atomic E-state index is 12.6. The topological polar surface area (TPSA) is 90.1 Å². The minimum atomic E-state index is -0.0459. The van der Waals surface area contributed by atoms with E-state index >= 15 is 0 Å². The Bertz CT molecular complexity index is 842. The summed E-state index contributed by atoms with van der Waals surface area (Å²) in [6, 6.07) is 10.3. The Labute approximate surface area is 171 Å². The number of likely N-dealkylation sites (tertiary alicyclic amines) is 1. The van der Waals surface area contributed by atoms with Gasteiger partial charge in [-0.1, -0.05) is 25.1 Å². The van der Waals surface area contributed by atoms with E-state index in [1.54, 1.807) is 6.20 Å². The summed E-state index contributed by atoms with van der Waals surface area (Å²) in [5.74, 6) is 0.0695. The SMILES string of the molecule is CCc1[nH]ncc1C(=O)N[C@H]1CC[C@H]1NC1CCN(C(=O)c2ccccc2)CC1. The molecule has 0 spiro atoms. The highest BCUT2D eigenvalue weighted by Crippen LogP contribution is 2.24. The van der Waals surface area contributed by atoms with Crippen LogP contribution in [0.4, 0.5) is 0 Å². The van der Waals surface area contributed by atoms with Gasteiger partial charge in [-0.2, -0.15) is 5.10 Å². The van der Waals surface area contributed by atoms with E-state index in [2.05, 4.69) is 20.8 Å². The fourth-order valence-corrected chi connectivity index (χ4v) is 4.21. The molecule has 3 N–H and O–H groups in total. The number of amides is 2. The van der Waals surface area contributed by atoms with Crippen molar-refractivity contribution in [3.63, 3.8) is 0 Å². The number of rotatable bonds is 6. The highest BCUT2D eigenvalue weighted by atomic mass is 16.2. The normalized spacial score (nSPS) is 22.2. The first-order valence-corrected chi connectivity index (χ1v) is 10.6. The molecule has 4 rings (SSSR count). The first-order valence-electron chi connectivity index (χ1n) is 10.6. The fourth-order valence-electron chi connectivity index (χ4n) is 4.21. The van der Waals surface area contributed by atoms with Gasteiger partial charge in [0.2, 0.25) is 0 Å². The van der Waals surface area contributed by atoms with Gasteiger partial charge in [-0.25, -0.2) is 0 Å². The smallest absolute Gasteiger partial charge is 0.255 e. The standard InChI is InChI=1S/C22H29N5O2/c1-2-18-17(14-23-26-18)21(28)25-20-9-8-19(20)24-16-10-12-27(13-11-16)22(29)15-6-4-3-5-7-15/h3-7,14,16,19-20,24H,2,8-13H2,1H3,(H,23,26)(H,25,28)/t19-,20+/m1/s1. The summed E-state index contributed by atoms with van der Waals surface area (Å²) >= 11 is 0. The van der Waals surface area contributed by atoms with Crippen molar-refractivity contribution in [2.75, 3.05) is 13.1 Å². The van der Waals surface area contributed by atoms with E-state index in [0.717, 1.165) is 56.5 Å². The number of nitrogens with zero attached hydrogens (tertiary/aromatic N) is 2. The van der Waals surface area contributed by atoms with Crippen LogP contribution in [-0.4, -0.2) is 58.1 Å². The Hall–Kier alpha value is -2.67. The van der Waals surface area contributed by atoms with Gasteiger partial charge in [0.1, 0.15) is 0 Å². The molecule has 2 heterocycles. The Kier molecular flexibility index (Phi) is 5.94. The van der Waals surface area contributed by atoms with Gasteiger partial charge in [0, 0.05) is 42.5 Å². The van der Waals surface area contributed by atoms with Crippen molar-refractivity contribution >= 4 is 11.8 Å². The molecule has 0 bridgehead atoms. The van der Waals surface area contributed by atoms with Gasteiger partial charge in [0.15, 0.2) is 0 Å². The van der Waals surface area contributed by atoms with Crippen molar-refractivity contribution in [1.29, 1.82) is 0 Å². The number of H-pyrrole nitrogens is 1. The number of nitrogens with one attached hydrogen (secondary N) is 3. The lowest BCUT2D eigenvalue weighted by Crippen LogP contribution is -2.60. The number of carbonyl (C=O) groups excluding carboxylic acids is 2. The van der Waals surface area contributed by atoms with Gasteiger partial charge >= 0.3 is 0 Å². The number of aromatic nitrogens is 2. The predicted octanol–water partition coefficient (Wildman–Crippen LogP) is 2.13. The van der Waals surface area contributed by atoms with Gasteiger partial charge in [-0.05, 0) is 44.2 Å². The van der Waals surface area contributed by atoms with Crippen molar-refractivity contribution in [2.24, 2.45) is 0 Å². The Morgan fingerprint density at radius 3 is 2.48 bits per heavy atom. The molecule has 2 aliphatic rings. The summed E-state index contributed by atoms with van der Waals surface area (Å²) in [5, 5.41) is 13.7. The minimum absolute atomic E-state index is 0.0459. The number of hydrogen-bond acceptors (Lipinski definition) is 4. The molecule has 29 heavy (non-hydrogen) atoms. The summed E-state index contributed by atoms with van der Waals surface area (Å²) in [4.78, 5) is 27.1. The summed E-state index contributed by atoms with van der Waals surface area (Å²) in [6.45, 7) is 3.54. The Morgan fingerprint density at radius 2 is 1.83 bits per heavy atom. The van der Waals surface area contributed by atoms with E-state index < -0.39 is 0 Å². The van der Waals surface area contributed by atoms with Crippen LogP contribution < -0.4 is 10.6 Å². The zero-order chi connectivity index (χ0) is 20.2. The fraction of sp³-hybridized carbons (Fsp3) is 0.500. The molecule has 1 aliphatic carbocycles. The van der Waals surface area contributed by atoms with Crippen LogP contribution in [0.2, 0.25) is 0 Å². The molecule has 7 heteroatoms. The van der Waals surface area contributed by atoms with E-state index in [-0.39, 0.29) is 17.9 Å². The molecule has 2 fully saturated rings. The number of aryl methyl sites for hydroxylation is 1. The number of aromatic amines is 1. The van der Waals surface area contributed by atoms with Crippen LogP contribution in [0.1, 0.15) is 59.0 Å². The molecule has 0 radical (unpaired) electrons. The van der Waals surface area contributed by atoms with Crippen molar-refractivity contribution in [3.8, 4) is 0 Å². The summed E-state index contributed by atoms with van der Waals surface area (Å²) in [6.07, 6.45) is 6.31. The van der Waals surface area contributed by atoms with E-state index in [1.807, 2.05) is 42.2 Å². The van der Waals surface area contributed by atoms with E-state index in [1.165, 1.54) is 0 Å². The molecule has 2 amide bonds. The molecule has 2 atom stereocenters. The molecule has 1 aromatic carbocycles. The van der Waals surface area contributed by atoms with Crippen molar-refractivity contribution in [2.45, 2.75) is 57.2 Å². The van der Waals surface area contributed by atoms with Gasteiger partial charge in [-0.15, -0.1) is 0 Å². The molecule has 7 nitrogen and oxygen atoms in total. The molecular formula is C22H29N5O2. The zero-order valence-corrected chi connectivity index (χ0v) is 16.9. The van der Waals surface area contributed by atoms with Crippen LogP contribution >= 0.6 is 0 Å². The number of benzene rings is 1. The third kappa shape index (κ3) is 4.34. The van der Waals surface area contributed by atoms with Crippen LogP contribution in [-0.2, 0) is 6.42 Å². The highest BCUT2D eigenvalue weighted by molar-refractivity contribution is 5.95. The van der Waals surface area contributed by atoms with Gasteiger partial charge in [0.05, 0.1) is 11.8 Å². The lowest BCUT2D eigenvalue weighted by atomic mass is 9.84. The van der Waals surface area contributed by atoms with Crippen LogP contribution in [0, 0.1) is 0 Å². The maximum Gasteiger partial charge on any atom is 0.255 e. The van der Waals surface area contributed by atoms with E-state index in [9.17, 15) is 9.59 Å². The van der Waals surface area contributed by atoms with E-state index in [4.69, 9.17) is 0 Å². The second-order valence-corrected chi connectivity index (χ2v) is 7.98. The molecule has 1 aliphatic heterocycles. The third-order valence-corrected chi connectivity index (χ3v) is 6.16. The number of hydrogen-bond donors (Lipinski definition) is 3. The van der Waals surface area contributed by atoms with E-state index in [0.29, 0.717) is 17.6 Å². The molecule has 154 valence electrons. The monoisotopic (exact) mass is 395 g/mol. The zero-order valence-electron chi connectivity index (χ0n) is 16.9. The second kappa shape index (κ2) is 8.78. The molecule has 0 unspecified atom stereocenters. The van der Waals surface area contributed by atoms with Gasteiger partial charge in [0.25, 0.3) is 11.8 Å². The summed E-state index contributed by atoms with van der Waals surface area (Å²) in [5.41, 5.74) is 2.28. The van der Waals surface area contributed by atoms with Crippen LogP contribution in [0.5, 0.6) is 0 Å². The summed E-state index contributed by atoms with van der Waals surface area (Å²) in [7, 11) is 0. The van der Waals surface area contributed by atoms with Gasteiger partial charge in [-0.3, -0.25) is 14.7 Å². The third-order valence-electron chi connectivity index (χ3n) is 6.16. The summed E-state index contributed by atoms with van der Waals surface area (Å²) < 4.78 is 0. The Morgan fingerprint density at radius 1 is 1.10 bits per heavy atom. The molecule has 1 aromatic heterocycles. The van der Waals surface area contributed by atoms with Crippen molar-refractivity contribution in [1.82, 2.24) is 25.7 Å². The largest absolute Gasteiger partial charge is 0.348 e. The molecule has 2 aromatic rings. The lowest BCUT2D eigenvalue weighted by molar-refractivity contribution is 0.0685. The van der Waals surface area contributed by atoms with Crippen molar-refractivity contribution < 1.29 is 9.59 Å². The maximum atomic E-state index is 12.6. The van der Waals surface area contributed by atoms with Crippen molar-refractivity contribution in [3.05, 3.63) is 53.3 Å². The molecule has 1 saturated heterocycles. The average molecular weight is 396 g/mol. The van der Waals surface area contributed by atoms with Gasteiger partial charge < -0.3 is 15.5 Å². The van der Waals surface area contributed by atoms with Crippen LogP contribution in [0.3, 0.4) is 0 Å². The quantitative estimate of drug-likeness (QED) is 0.699. The van der Waals surface area contributed by atoms with Crippen LogP contribution in [0.15, 0.2) is 36.5 Å². The first-order chi connectivity index (χ1) is 14.2. The average Bonchev–Trinajstić information content (AvgIpc) is 3.24. The molecule has 1 saturated carbocycles. The lowest BCUT2D eigenvalue weighted by Gasteiger charge is -2.42. The minimum Gasteiger partial charge on any atom is -0.348 e. The Balaban J connectivity index is 1.24. The second-order valence-electron chi connectivity index (χ2n) is 7.98. The van der Waals surface area contributed by atoms with Crippen LogP contribution in [0.25, 0.3) is 0 Å². The number of carbonyl (C=O) groups is 2.